The smallest absolute Gasteiger partial charge is 0.0634 e. The Morgan fingerprint density at radius 2 is 1.37 bits per heavy atom. The largest absolute Gasteiger partial charge is 0.310 e. The summed E-state index contributed by atoms with van der Waals surface area (Å²) in [6, 6.07) is 0. The molecule has 1 N–H and O–H groups in total. The summed E-state index contributed by atoms with van der Waals surface area (Å²) in [6.07, 6.45) is 16.0. The van der Waals surface area contributed by atoms with E-state index in [0.717, 1.165) is 6.54 Å². The van der Waals surface area contributed by atoms with Crippen LogP contribution in [-0.4, -0.2) is 12.3 Å². The third-order valence-electron chi connectivity index (χ3n) is 4.51. The van der Waals surface area contributed by atoms with Crippen LogP contribution in [0.2, 0.25) is 0 Å². The lowest BCUT2D eigenvalue weighted by Gasteiger charge is -2.14. The predicted molar refractivity (Wildman–Crippen MR) is 83.5 cm³/mol. The van der Waals surface area contributed by atoms with Crippen LogP contribution in [0.25, 0.3) is 0 Å². The van der Waals surface area contributed by atoms with Gasteiger partial charge in [0.05, 0.1) is 5.71 Å². The number of hydrogen-bond acceptors (Lipinski definition) is 2. The Morgan fingerprint density at radius 3 is 2.21 bits per heavy atom. The molecule has 19 heavy (non-hydrogen) atoms. The Kier molecular flexibility index (Phi) is 6.46. The van der Waals surface area contributed by atoms with Crippen LogP contribution in [-0.2, 0) is 0 Å². The van der Waals surface area contributed by atoms with Crippen molar-refractivity contribution in [2.45, 2.75) is 84.0 Å². The minimum Gasteiger partial charge on any atom is -0.310 e. The number of hydrazone groups is 1. The van der Waals surface area contributed by atoms with Gasteiger partial charge in [0.1, 0.15) is 0 Å². The molecule has 0 saturated carbocycles. The lowest BCUT2D eigenvalue weighted by molar-refractivity contribution is 0.623. The highest BCUT2D eigenvalue weighted by atomic mass is 15.3. The molecule has 0 atom stereocenters. The van der Waals surface area contributed by atoms with Gasteiger partial charge in [-0.1, -0.05) is 37.7 Å². The van der Waals surface area contributed by atoms with Gasteiger partial charge >= 0.3 is 0 Å². The molecular formula is C17H30N2. The van der Waals surface area contributed by atoms with Gasteiger partial charge in [0.2, 0.25) is 0 Å². The molecule has 0 spiro atoms. The van der Waals surface area contributed by atoms with Crippen molar-refractivity contribution in [1.82, 2.24) is 5.43 Å². The van der Waals surface area contributed by atoms with E-state index in [2.05, 4.69) is 12.3 Å². The summed E-state index contributed by atoms with van der Waals surface area (Å²) in [6.45, 7) is 3.39. The summed E-state index contributed by atoms with van der Waals surface area (Å²) < 4.78 is 0. The van der Waals surface area contributed by atoms with Gasteiger partial charge in [0.25, 0.3) is 0 Å². The first-order valence-corrected chi connectivity index (χ1v) is 8.36. The summed E-state index contributed by atoms with van der Waals surface area (Å²) in [5.41, 5.74) is 7.88. The Bertz CT molecular complexity index is 328. The van der Waals surface area contributed by atoms with Gasteiger partial charge in [-0.2, -0.15) is 5.10 Å². The molecule has 2 aliphatic rings. The van der Waals surface area contributed by atoms with Gasteiger partial charge in [0.15, 0.2) is 0 Å². The Hall–Kier alpha value is -0.790. The van der Waals surface area contributed by atoms with Gasteiger partial charge in [-0.05, 0) is 57.4 Å². The second-order valence-electron chi connectivity index (χ2n) is 6.16. The lowest BCUT2D eigenvalue weighted by Crippen LogP contribution is -2.13. The maximum absolute atomic E-state index is 4.73. The fraction of sp³-hybridized carbons (Fsp3) is 0.824. The van der Waals surface area contributed by atoms with Crippen LogP contribution in [0.5, 0.6) is 0 Å². The van der Waals surface area contributed by atoms with E-state index in [9.17, 15) is 0 Å². The Balaban J connectivity index is 2.10. The van der Waals surface area contributed by atoms with Crippen molar-refractivity contribution in [2.24, 2.45) is 5.10 Å². The molecule has 0 unspecified atom stereocenters. The summed E-state index contributed by atoms with van der Waals surface area (Å²) >= 11 is 0. The van der Waals surface area contributed by atoms with Crippen LogP contribution in [0.1, 0.15) is 84.0 Å². The van der Waals surface area contributed by atoms with Crippen molar-refractivity contribution in [2.75, 3.05) is 6.54 Å². The molecule has 2 nitrogen and oxygen atoms in total. The SMILES string of the molecule is CC1=C(C2=NNCCCCCC2)CCCCCCC1. The first kappa shape index (κ1) is 14.6. The molecular weight excluding hydrogens is 232 g/mol. The summed E-state index contributed by atoms with van der Waals surface area (Å²) in [7, 11) is 0. The summed E-state index contributed by atoms with van der Waals surface area (Å²) in [5, 5.41) is 4.73. The second-order valence-corrected chi connectivity index (χ2v) is 6.16. The molecule has 1 aliphatic heterocycles. The number of rotatable bonds is 1. The summed E-state index contributed by atoms with van der Waals surface area (Å²) in [5.74, 6) is 0. The third-order valence-corrected chi connectivity index (χ3v) is 4.51. The second kappa shape index (κ2) is 8.39. The highest BCUT2D eigenvalue weighted by Gasteiger charge is 2.13. The van der Waals surface area contributed by atoms with E-state index in [1.165, 1.54) is 82.8 Å². The highest BCUT2D eigenvalue weighted by Crippen LogP contribution is 2.25. The van der Waals surface area contributed by atoms with Gasteiger partial charge < -0.3 is 5.43 Å². The molecule has 0 amide bonds. The van der Waals surface area contributed by atoms with Crippen molar-refractivity contribution in [3.8, 4) is 0 Å². The van der Waals surface area contributed by atoms with Crippen LogP contribution in [0, 0.1) is 0 Å². The van der Waals surface area contributed by atoms with Crippen LogP contribution in [0.4, 0.5) is 0 Å². The van der Waals surface area contributed by atoms with Crippen LogP contribution in [0.3, 0.4) is 0 Å². The monoisotopic (exact) mass is 262 g/mol. The molecule has 1 aliphatic carbocycles. The maximum Gasteiger partial charge on any atom is 0.0634 e. The number of nitrogens with zero attached hydrogens (tertiary/aromatic N) is 1. The third kappa shape index (κ3) is 5.00. The molecule has 1 heterocycles. The minimum absolute atomic E-state index is 1.05. The van der Waals surface area contributed by atoms with Crippen LogP contribution < -0.4 is 5.43 Å². The van der Waals surface area contributed by atoms with E-state index in [4.69, 9.17) is 5.10 Å². The van der Waals surface area contributed by atoms with Gasteiger partial charge in [0, 0.05) is 6.54 Å². The number of allylic oxidation sites excluding steroid dienone is 2. The van der Waals surface area contributed by atoms with E-state index < -0.39 is 0 Å². The number of nitrogens with one attached hydrogen (secondary N) is 1. The zero-order chi connectivity index (χ0) is 13.3. The zero-order valence-electron chi connectivity index (χ0n) is 12.6. The molecule has 2 rings (SSSR count). The lowest BCUT2D eigenvalue weighted by atomic mass is 9.94. The number of hydrogen-bond donors (Lipinski definition) is 1. The molecule has 0 fully saturated rings. The molecule has 0 aromatic heterocycles. The minimum atomic E-state index is 1.05. The highest BCUT2D eigenvalue weighted by molar-refractivity contribution is 6.00. The standard InChI is InChI=1S/C17H30N2/c1-15-11-7-3-2-4-8-12-16(15)17-13-9-5-6-10-14-18-19-17/h18H,2-14H2,1H3. The Morgan fingerprint density at radius 1 is 0.737 bits per heavy atom. The van der Waals surface area contributed by atoms with E-state index in [1.807, 2.05) is 0 Å². The fourth-order valence-electron chi connectivity index (χ4n) is 3.25. The van der Waals surface area contributed by atoms with Crippen molar-refractivity contribution >= 4 is 5.71 Å². The Labute approximate surface area is 118 Å². The van der Waals surface area contributed by atoms with E-state index in [1.54, 1.807) is 11.1 Å². The van der Waals surface area contributed by atoms with Gasteiger partial charge in [-0.25, -0.2) is 0 Å². The average Bonchev–Trinajstić information content (AvgIpc) is 2.60. The van der Waals surface area contributed by atoms with Crippen molar-refractivity contribution in [1.29, 1.82) is 0 Å². The molecule has 0 aromatic rings. The van der Waals surface area contributed by atoms with Crippen LogP contribution in [0.15, 0.2) is 16.2 Å². The van der Waals surface area contributed by atoms with Gasteiger partial charge in [-0.3, -0.25) is 0 Å². The molecule has 0 aromatic carbocycles. The predicted octanol–water partition coefficient (Wildman–Crippen LogP) is 4.96. The van der Waals surface area contributed by atoms with E-state index >= 15 is 0 Å². The molecule has 0 bridgehead atoms. The topological polar surface area (TPSA) is 24.4 Å². The van der Waals surface area contributed by atoms with E-state index in [-0.39, 0.29) is 0 Å². The normalized spacial score (nSPS) is 23.9. The first-order chi connectivity index (χ1) is 9.38. The molecule has 108 valence electrons. The molecule has 2 heteroatoms. The van der Waals surface area contributed by atoms with Gasteiger partial charge in [-0.15, -0.1) is 0 Å². The zero-order valence-corrected chi connectivity index (χ0v) is 12.6. The molecule has 0 radical (unpaired) electrons. The quantitative estimate of drug-likeness (QED) is 0.710. The maximum atomic E-state index is 4.73. The average molecular weight is 262 g/mol. The van der Waals surface area contributed by atoms with Crippen molar-refractivity contribution in [3.63, 3.8) is 0 Å². The van der Waals surface area contributed by atoms with Crippen LogP contribution >= 0.6 is 0 Å². The summed E-state index contributed by atoms with van der Waals surface area (Å²) in [4.78, 5) is 0. The molecule has 0 saturated heterocycles. The van der Waals surface area contributed by atoms with Crippen molar-refractivity contribution in [3.05, 3.63) is 11.1 Å². The van der Waals surface area contributed by atoms with E-state index in [0.29, 0.717) is 0 Å². The van der Waals surface area contributed by atoms with Crippen molar-refractivity contribution < 1.29 is 0 Å². The fourth-order valence-corrected chi connectivity index (χ4v) is 3.25. The first-order valence-electron chi connectivity index (χ1n) is 8.36.